The van der Waals surface area contributed by atoms with Crippen LogP contribution in [0.2, 0.25) is 5.02 Å². The molecule has 0 radical (unpaired) electrons. The molecule has 2 atom stereocenters. The number of hydrogen-bond acceptors (Lipinski definition) is 8. The molecule has 4 aromatic rings. The van der Waals surface area contributed by atoms with Crippen LogP contribution in [0, 0.1) is 10.8 Å². The molecule has 1 fully saturated rings. The normalized spacial score (nSPS) is 19.3. The Morgan fingerprint density at radius 1 is 1.02 bits per heavy atom. The number of amides is 1. The highest BCUT2D eigenvalue weighted by molar-refractivity contribution is 6.32. The lowest BCUT2D eigenvalue weighted by molar-refractivity contribution is -0.153. The van der Waals surface area contributed by atoms with Gasteiger partial charge in [-0.15, -0.1) is 0 Å². The van der Waals surface area contributed by atoms with Crippen LogP contribution in [0.25, 0.3) is 16.6 Å². The van der Waals surface area contributed by atoms with Crippen LogP contribution in [0.3, 0.4) is 0 Å². The van der Waals surface area contributed by atoms with E-state index in [2.05, 4.69) is 15.1 Å². The fraction of sp³-hybridized carbons (Fsp3) is 0.444. The van der Waals surface area contributed by atoms with E-state index in [0.717, 1.165) is 22.8 Å². The summed E-state index contributed by atoms with van der Waals surface area (Å²) in [5.74, 6) is -5.71. The van der Waals surface area contributed by atoms with Gasteiger partial charge < -0.3 is 10.5 Å². The zero-order valence-corrected chi connectivity index (χ0v) is 29.9. The van der Waals surface area contributed by atoms with Crippen molar-refractivity contribution in [3.63, 3.8) is 0 Å². The maximum atomic E-state index is 15.0. The lowest BCUT2D eigenvalue weighted by Crippen LogP contribution is -2.47. The molecule has 6 rings (SSSR count). The van der Waals surface area contributed by atoms with Gasteiger partial charge in [0.2, 0.25) is 0 Å². The highest BCUT2D eigenvalue weighted by Crippen LogP contribution is 2.59. The number of alkyl halides is 6. The Morgan fingerprint density at radius 2 is 1.74 bits per heavy atom. The monoisotopic (exact) mass is 763 g/mol. The fourth-order valence-corrected chi connectivity index (χ4v) is 7.02. The Morgan fingerprint density at radius 3 is 2.36 bits per heavy atom. The maximum Gasteiger partial charge on any atom is 0.306 e. The second-order valence-electron chi connectivity index (χ2n) is 14.8. The van der Waals surface area contributed by atoms with E-state index in [-0.39, 0.29) is 47.0 Å². The quantitative estimate of drug-likeness (QED) is 0.114. The van der Waals surface area contributed by atoms with Gasteiger partial charge in [0.1, 0.15) is 18.6 Å². The number of guanidine groups is 1. The number of carbonyl (C=O) groups excluding carboxylic acids is 2. The van der Waals surface area contributed by atoms with Crippen molar-refractivity contribution in [3.05, 3.63) is 82.5 Å². The van der Waals surface area contributed by atoms with Gasteiger partial charge in [-0.25, -0.2) is 46.0 Å². The Hall–Kier alpha value is -4.73. The van der Waals surface area contributed by atoms with Gasteiger partial charge in [0, 0.05) is 10.8 Å². The SMILES string of the molecule is CC(C)(C)C[C@]1(c2ccc3nc(C(F)F)ccc3c2)N=C(N)N([C@H](COC(=O)CC2(C(C)(F)F)CC2)c2ccc(Cl)c(-n3ncnc3C(F)F)c2)C1=O. The van der Waals surface area contributed by atoms with Crippen LogP contribution < -0.4 is 5.73 Å². The van der Waals surface area contributed by atoms with Gasteiger partial charge in [-0.05, 0) is 73.1 Å². The number of benzene rings is 2. The molecule has 0 saturated heterocycles. The van der Waals surface area contributed by atoms with Crippen LogP contribution >= 0.6 is 11.6 Å². The molecule has 1 saturated carbocycles. The molecule has 2 aromatic heterocycles. The maximum absolute atomic E-state index is 15.0. The molecule has 2 aromatic carbocycles. The largest absolute Gasteiger partial charge is 0.463 e. The highest BCUT2D eigenvalue weighted by atomic mass is 35.5. The molecule has 53 heavy (non-hydrogen) atoms. The lowest BCUT2D eigenvalue weighted by atomic mass is 9.75. The van der Waals surface area contributed by atoms with Crippen molar-refractivity contribution in [2.45, 2.75) is 83.7 Å². The van der Waals surface area contributed by atoms with Crippen LogP contribution in [0.15, 0.2) is 59.9 Å². The third-order valence-corrected chi connectivity index (χ3v) is 9.98. The molecule has 10 nitrogen and oxygen atoms in total. The number of rotatable bonds is 12. The van der Waals surface area contributed by atoms with Gasteiger partial charge in [0.15, 0.2) is 17.3 Å². The molecule has 2 N–H and O–H groups in total. The smallest absolute Gasteiger partial charge is 0.306 e. The molecule has 2 aliphatic rings. The van der Waals surface area contributed by atoms with E-state index in [1.807, 2.05) is 20.8 Å². The summed E-state index contributed by atoms with van der Waals surface area (Å²) in [4.78, 5) is 41.6. The molecular weight excluding hydrogens is 728 g/mol. The second kappa shape index (κ2) is 13.6. The number of esters is 1. The number of nitrogens with two attached hydrogens (primary N) is 1. The van der Waals surface area contributed by atoms with Crippen molar-refractivity contribution in [3.8, 4) is 5.69 Å². The van der Waals surface area contributed by atoms with Crippen molar-refractivity contribution in [1.82, 2.24) is 24.6 Å². The van der Waals surface area contributed by atoms with E-state index in [9.17, 15) is 35.9 Å². The van der Waals surface area contributed by atoms with E-state index in [1.54, 1.807) is 12.1 Å². The topological polar surface area (TPSA) is 129 Å². The summed E-state index contributed by atoms with van der Waals surface area (Å²) < 4.78 is 89.6. The fourth-order valence-electron chi connectivity index (χ4n) is 6.82. The minimum Gasteiger partial charge on any atom is -0.463 e. The zero-order valence-electron chi connectivity index (χ0n) is 29.1. The predicted octanol–water partition coefficient (Wildman–Crippen LogP) is 8.24. The average molecular weight is 764 g/mol. The zero-order chi connectivity index (χ0) is 38.7. The molecule has 0 spiro atoms. The summed E-state index contributed by atoms with van der Waals surface area (Å²) in [6.07, 6.45) is -5.11. The average Bonchev–Trinajstić information content (AvgIpc) is 3.62. The Balaban J connectivity index is 1.44. The third-order valence-electron chi connectivity index (χ3n) is 9.66. The predicted molar refractivity (Wildman–Crippen MR) is 183 cm³/mol. The number of halogens is 7. The molecule has 1 aliphatic heterocycles. The van der Waals surface area contributed by atoms with Gasteiger partial charge in [-0.2, -0.15) is 5.10 Å². The molecule has 1 aliphatic carbocycles. The number of carbonyl (C=O) groups is 2. The summed E-state index contributed by atoms with van der Waals surface area (Å²) in [5, 5.41) is 4.34. The lowest BCUT2D eigenvalue weighted by Gasteiger charge is -2.35. The van der Waals surface area contributed by atoms with Crippen molar-refractivity contribution >= 4 is 40.3 Å². The van der Waals surface area contributed by atoms with Crippen molar-refractivity contribution in [1.29, 1.82) is 0 Å². The number of aromatic nitrogens is 4. The van der Waals surface area contributed by atoms with Crippen LogP contribution in [0.5, 0.6) is 0 Å². The molecule has 0 bridgehead atoms. The summed E-state index contributed by atoms with van der Waals surface area (Å²) in [6, 6.07) is 10.3. The molecule has 282 valence electrons. The molecule has 1 amide bonds. The van der Waals surface area contributed by atoms with Gasteiger partial charge in [-0.1, -0.05) is 50.6 Å². The molecular formula is C36H36ClF6N7O3. The van der Waals surface area contributed by atoms with Crippen molar-refractivity contribution in [2.75, 3.05) is 6.61 Å². The van der Waals surface area contributed by atoms with Gasteiger partial charge in [0.05, 0.1) is 28.7 Å². The Bertz CT molecular complexity index is 2090. The number of ether oxygens (including phenoxy) is 1. The highest BCUT2D eigenvalue weighted by Gasteiger charge is 2.60. The number of fused-ring (bicyclic) bond motifs is 1. The van der Waals surface area contributed by atoms with Gasteiger partial charge in [0.25, 0.3) is 24.7 Å². The van der Waals surface area contributed by atoms with Crippen LogP contribution in [-0.4, -0.2) is 55.0 Å². The standard InChI is InChI=1S/C36H36ClF6N7O3/c1-33(2,3)17-36(21-7-10-23-19(13-21)6-9-24(47-23)28(38)39)31(52)49(32(44)48-36)26(16-53-27(51)15-35(11-12-35)34(4,42)43)20-5-8-22(37)25(14-20)50-30(29(40)41)45-18-46-50/h5-10,13-14,18,26,28-29H,11-12,15-17H2,1-4H3,(H2,44,48)/t26-,36-/m1/s1. The summed E-state index contributed by atoms with van der Waals surface area (Å²) in [5.41, 5.74) is 3.19. The van der Waals surface area contributed by atoms with E-state index < -0.39 is 77.6 Å². The molecule has 0 unspecified atom stereocenters. The minimum atomic E-state index is -3.14. The van der Waals surface area contributed by atoms with Crippen LogP contribution in [-0.2, 0) is 19.9 Å². The first-order valence-electron chi connectivity index (χ1n) is 16.6. The minimum absolute atomic E-state index is 0.00557. The first-order valence-corrected chi connectivity index (χ1v) is 17.0. The molecule has 3 heterocycles. The van der Waals surface area contributed by atoms with Gasteiger partial charge >= 0.3 is 5.97 Å². The number of nitrogens with zero attached hydrogens (tertiary/aromatic N) is 6. The van der Waals surface area contributed by atoms with Crippen LogP contribution in [0.4, 0.5) is 26.3 Å². The second-order valence-corrected chi connectivity index (χ2v) is 15.2. The summed E-state index contributed by atoms with van der Waals surface area (Å²) in [7, 11) is 0. The number of pyridine rings is 1. The van der Waals surface area contributed by atoms with E-state index >= 15 is 0 Å². The van der Waals surface area contributed by atoms with Crippen LogP contribution in [0.1, 0.15) is 94.9 Å². The first kappa shape index (κ1) is 38.0. The molecule has 17 heteroatoms. The summed E-state index contributed by atoms with van der Waals surface area (Å²) in [6.45, 7) is 5.81. The van der Waals surface area contributed by atoms with E-state index in [1.165, 1.54) is 36.4 Å². The van der Waals surface area contributed by atoms with Gasteiger partial charge in [-0.3, -0.25) is 14.5 Å². The van der Waals surface area contributed by atoms with Crippen molar-refractivity contribution < 1.29 is 40.7 Å². The number of aliphatic imine (C=N–C) groups is 1. The summed E-state index contributed by atoms with van der Waals surface area (Å²) >= 11 is 6.44. The Kier molecular flexibility index (Phi) is 9.75. The van der Waals surface area contributed by atoms with E-state index in [0.29, 0.717) is 10.9 Å². The first-order chi connectivity index (χ1) is 24.7. The Labute approximate surface area is 305 Å². The van der Waals surface area contributed by atoms with E-state index in [4.69, 9.17) is 27.1 Å². The third kappa shape index (κ3) is 7.29. The number of hydrogen-bond donors (Lipinski definition) is 1. The van der Waals surface area contributed by atoms with Crippen molar-refractivity contribution in [2.24, 2.45) is 21.6 Å².